The average Bonchev–Trinajstić information content (AvgIpc) is 2.65. The number of amides is 3. The quantitative estimate of drug-likeness (QED) is 0.675. The standard InChI is InChI=1S/C22H31N3O3/c1-28-19-4-2-3-15(10-19)14-24-20(26)5-6-23-21(27)25-22-11-16-7-17(12-22)9-18(8-16)13-22/h2-4,10,16-18H,5-9,11-14H2,1H3,(H,24,26)(H2,23,25,27). The van der Waals surface area contributed by atoms with Crippen molar-refractivity contribution in [3.05, 3.63) is 29.8 Å². The van der Waals surface area contributed by atoms with Gasteiger partial charge in [-0.25, -0.2) is 4.79 Å². The first-order valence-electron chi connectivity index (χ1n) is 10.5. The molecule has 152 valence electrons. The van der Waals surface area contributed by atoms with Crippen molar-refractivity contribution in [1.29, 1.82) is 0 Å². The Balaban J connectivity index is 1.17. The molecule has 0 radical (unpaired) electrons. The van der Waals surface area contributed by atoms with Gasteiger partial charge in [0.05, 0.1) is 7.11 Å². The predicted octanol–water partition coefficient (Wildman–Crippen LogP) is 2.97. The van der Waals surface area contributed by atoms with Crippen LogP contribution in [0.3, 0.4) is 0 Å². The molecule has 0 heterocycles. The smallest absolute Gasteiger partial charge is 0.315 e. The summed E-state index contributed by atoms with van der Waals surface area (Å²) in [5, 5.41) is 9.03. The minimum Gasteiger partial charge on any atom is -0.497 e. The van der Waals surface area contributed by atoms with Crippen LogP contribution in [-0.4, -0.2) is 31.1 Å². The largest absolute Gasteiger partial charge is 0.497 e. The molecule has 3 amide bonds. The van der Waals surface area contributed by atoms with Gasteiger partial charge >= 0.3 is 6.03 Å². The number of nitrogens with one attached hydrogen (secondary N) is 3. The van der Waals surface area contributed by atoms with E-state index >= 15 is 0 Å². The molecule has 6 heteroatoms. The predicted molar refractivity (Wildman–Crippen MR) is 107 cm³/mol. The molecule has 5 rings (SSSR count). The molecule has 4 aliphatic rings. The molecule has 4 fully saturated rings. The van der Waals surface area contributed by atoms with Crippen LogP contribution in [0.15, 0.2) is 24.3 Å². The average molecular weight is 386 g/mol. The number of carbonyl (C=O) groups is 2. The molecule has 0 aromatic heterocycles. The lowest BCUT2D eigenvalue weighted by atomic mass is 9.53. The molecule has 1 aromatic rings. The zero-order valence-electron chi connectivity index (χ0n) is 16.6. The molecule has 4 aliphatic carbocycles. The van der Waals surface area contributed by atoms with E-state index in [1.807, 2.05) is 24.3 Å². The molecule has 0 spiro atoms. The number of benzene rings is 1. The molecule has 4 saturated carbocycles. The van der Waals surface area contributed by atoms with E-state index in [0.29, 0.717) is 13.1 Å². The van der Waals surface area contributed by atoms with E-state index in [9.17, 15) is 9.59 Å². The summed E-state index contributed by atoms with van der Waals surface area (Å²) >= 11 is 0. The molecule has 28 heavy (non-hydrogen) atoms. The molecule has 0 atom stereocenters. The fourth-order valence-corrected chi connectivity index (χ4v) is 5.91. The fraction of sp³-hybridized carbons (Fsp3) is 0.636. The van der Waals surface area contributed by atoms with Gasteiger partial charge in [-0.1, -0.05) is 12.1 Å². The van der Waals surface area contributed by atoms with Crippen molar-refractivity contribution in [3.8, 4) is 5.75 Å². The van der Waals surface area contributed by atoms with Crippen LogP contribution >= 0.6 is 0 Å². The minimum absolute atomic E-state index is 0.00740. The van der Waals surface area contributed by atoms with Crippen LogP contribution < -0.4 is 20.7 Å². The maximum absolute atomic E-state index is 12.4. The Morgan fingerprint density at radius 2 is 1.75 bits per heavy atom. The van der Waals surface area contributed by atoms with Crippen molar-refractivity contribution in [3.63, 3.8) is 0 Å². The summed E-state index contributed by atoms with van der Waals surface area (Å²) in [6, 6.07) is 7.49. The van der Waals surface area contributed by atoms with Gasteiger partial charge in [-0.3, -0.25) is 4.79 Å². The van der Waals surface area contributed by atoms with Crippen molar-refractivity contribution in [1.82, 2.24) is 16.0 Å². The van der Waals surface area contributed by atoms with E-state index in [0.717, 1.165) is 48.3 Å². The monoisotopic (exact) mass is 385 g/mol. The van der Waals surface area contributed by atoms with Gasteiger partial charge in [-0.2, -0.15) is 0 Å². The van der Waals surface area contributed by atoms with Gasteiger partial charge in [0.2, 0.25) is 5.91 Å². The Kier molecular flexibility index (Phi) is 5.47. The molecular formula is C22H31N3O3. The Bertz CT molecular complexity index is 698. The van der Waals surface area contributed by atoms with E-state index in [4.69, 9.17) is 4.74 Å². The van der Waals surface area contributed by atoms with E-state index in [-0.39, 0.29) is 23.9 Å². The first kappa shape index (κ1) is 19.1. The lowest BCUT2D eigenvalue weighted by Gasteiger charge is -2.56. The van der Waals surface area contributed by atoms with Gasteiger partial charge in [0.15, 0.2) is 0 Å². The van der Waals surface area contributed by atoms with Crippen molar-refractivity contribution in [2.45, 2.75) is 57.0 Å². The third-order valence-electron chi connectivity index (χ3n) is 6.68. The van der Waals surface area contributed by atoms with E-state index < -0.39 is 0 Å². The zero-order valence-corrected chi connectivity index (χ0v) is 16.6. The second-order valence-corrected chi connectivity index (χ2v) is 8.96. The second kappa shape index (κ2) is 8.02. The minimum atomic E-state index is -0.123. The Labute approximate surface area is 166 Å². The zero-order chi connectivity index (χ0) is 19.6. The summed E-state index contributed by atoms with van der Waals surface area (Å²) in [7, 11) is 1.62. The van der Waals surface area contributed by atoms with Crippen molar-refractivity contribution < 1.29 is 14.3 Å². The number of methoxy groups -OCH3 is 1. The van der Waals surface area contributed by atoms with Crippen LogP contribution in [0.25, 0.3) is 0 Å². The summed E-state index contributed by atoms with van der Waals surface area (Å²) in [6.45, 7) is 0.803. The third kappa shape index (κ3) is 4.42. The third-order valence-corrected chi connectivity index (χ3v) is 6.68. The molecule has 4 bridgehead atoms. The van der Waals surface area contributed by atoms with Crippen molar-refractivity contribution >= 4 is 11.9 Å². The van der Waals surface area contributed by atoms with Crippen molar-refractivity contribution in [2.24, 2.45) is 17.8 Å². The molecule has 1 aromatic carbocycles. The van der Waals surface area contributed by atoms with Gasteiger partial charge in [-0.15, -0.1) is 0 Å². The molecule has 0 unspecified atom stereocenters. The highest BCUT2D eigenvalue weighted by molar-refractivity contribution is 5.78. The summed E-state index contributed by atoms with van der Waals surface area (Å²) in [5.41, 5.74) is 0.994. The lowest BCUT2D eigenvalue weighted by molar-refractivity contribution is -0.121. The highest BCUT2D eigenvalue weighted by atomic mass is 16.5. The van der Waals surface area contributed by atoms with Crippen molar-refractivity contribution in [2.75, 3.05) is 13.7 Å². The maximum Gasteiger partial charge on any atom is 0.315 e. The Morgan fingerprint density at radius 1 is 1.07 bits per heavy atom. The fourth-order valence-electron chi connectivity index (χ4n) is 5.91. The van der Waals surface area contributed by atoms with Gasteiger partial charge in [0, 0.05) is 25.0 Å². The first-order valence-corrected chi connectivity index (χ1v) is 10.5. The normalized spacial score (nSPS) is 30.0. The Hall–Kier alpha value is -2.24. The number of rotatable bonds is 7. The van der Waals surface area contributed by atoms with Gasteiger partial charge in [-0.05, 0) is 74.0 Å². The number of urea groups is 1. The van der Waals surface area contributed by atoms with Gasteiger partial charge in [0.1, 0.15) is 5.75 Å². The lowest BCUT2D eigenvalue weighted by Crippen LogP contribution is -2.61. The first-order chi connectivity index (χ1) is 13.5. The van der Waals surface area contributed by atoms with Crippen LogP contribution in [0, 0.1) is 17.8 Å². The SMILES string of the molecule is COc1cccc(CNC(=O)CCNC(=O)NC23CC4CC(CC(C4)C2)C3)c1. The van der Waals surface area contributed by atoms with Gasteiger partial charge in [0.25, 0.3) is 0 Å². The molecule has 6 nitrogen and oxygen atoms in total. The van der Waals surface area contributed by atoms with Crippen LogP contribution in [0.4, 0.5) is 4.79 Å². The van der Waals surface area contributed by atoms with Crippen LogP contribution in [0.5, 0.6) is 5.75 Å². The molecule has 0 saturated heterocycles. The second-order valence-electron chi connectivity index (χ2n) is 8.96. The number of hydrogen-bond donors (Lipinski definition) is 3. The maximum atomic E-state index is 12.4. The van der Waals surface area contributed by atoms with Crippen LogP contribution in [-0.2, 0) is 11.3 Å². The number of ether oxygens (including phenoxy) is 1. The van der Waals surface area contributed by atoms with Crippen LogP contribution in [0.1, 0.15) is 50.5 Å². The molecular weight excluding hydrogens is 354 g/mol. The highest BCUT2D eigenvalue weighted by Crippen LogP contribution is 2.55. The van der Waals surface area contributed by atoms with Gasteiger partial charge < -0.3 is 20.7 Å². The Morgan fingerprint density at radius 3 is 2.39 bits per heavy atom. The number of hydrogen-bond acceptors (Lipinski definition) is 3. The molecule has 0 aliphatic heterocycles. The summed E-state index contributed by atoms with van der Waals surface area (Å²) < 4.78 is 5.19. The topological polar surface area (TPSA) is 79.5 Å². The van der Waals surface area contributed by atoms with E-state index in [1.54, 1.807) is 7.11 Å². The van der Waals surface area contributed by atoms with E-state index in [2.05, 4.69) is 16.0 Å². The number of carbonyl (C=O) groups excluding carboxylic acids is 2. The van der Waals surface area contributed by atoms with E-state index in [1.165, 1.54) is 19.3 Å². The van der Waals surface area contributed by atoms with Crippen LogP contribution in [0.2, 0.25) is 0 Å². The summed E-state index contributed by atoms with van der Waals surface area (Å²) in [6.07, 6.45) is 7.74. The summed E-state index contributed by atoms with van der Waals surface area (Å²) in [4.78, 5) is 24.4. The summed E-state index contributed by atoms with van der Waals surface area (Å²) in [5.74, 6) is 3.10. The molecule has 3 N–H and O–H groups in total. The highest BCUT2D eigenvalue weighted by Gasteiger charge is 2.51.